The van der Waals surface area contributed by atoms with Gasteiger partial charge in [-0.15, -0.1) is 0 Å². The third-order valence-corrected chi connectivity index (χ3v) is 5.05. The molecule has 180 valence electrons. The van der Waals surface area contributed by atoms with Gasteiger partial charge in [0.15, 0.2) is 5.60 Å². The Kier molecular flexibility index (Phi) is 10.0. The van der Waals surface area contributed by atoms with Crippen LogP contribution in [0.2, 0.25) is 0 Å². The number of amides is 2. The van der Waals surface area contributed by atoms with Gasteiger partial charge in [-0.3, -0.25) is 14.4 Å². The molecule has 0 saturated carbocycles. The Labute approximate surface area is 178 Å². The van der Waals surface area contributed by atoms with Gasteiger partial charge >= 0.3 is 11.9 Å². The number of rotatable bonds is 13. The van der Waals surface area contributed by atoms with E-state index in [1.54, 1.807) is 0 Å². The first kappa shape index (κ1) is 28.7. The zero-order chi connectivity index (χ0) is 24.8. The number of carbonyl (C=O) groups is 4. The molecule has 0 fully saturated rings. The van der Waals surface area contributed by atoms with Crippen LogP contribution in [0.25, 0.3) is 0 Å². The summed E-state index contributed by atoms with van der Waals surface area (Å²) >= 11 is 0. The summed E-state index contributed by atoms with van der Waals surface area (Å²) in [6, 6.07) is 0. The molecule has 0 aliphatic carbocycles. The number of nitrogens with one attached hydrogen (secondary N) is 2. The summed E-state index contributed by atoms with van der Waals surface area (Å²) in [6.45, 7) is 2.14. The number of aliphatic carboxylic acids is 2. The van der Waals surface area contributed by atoms with Crippen molar-refractivity contribution in [1.29, 1.82) is 0 Å². The molecular weight excluding hydrogens is 420 g/mol. The Morgan fingerprint density at radius 3 is 1.52 bits per heavy atom. The highest BCUT2D eigenvalue weighted by Gasteiger charge is 2.49. The van der Waals surface area contributed by atoms with Gasteiger partial charge in [-0.05, 0) is 0 Å². The molecule has 31 heavy (non-hydrogen) atoms. The van der Waals surface area contributed by atoms with Crippen LogP contribution in [0.3, 0.4) is 0 Å². The van der Waals surface area contributed by atoms with Crippen LogP contribution >= 0.6 is 0 Å². The fourth-order valence-electron chi connectivity index (χ4n) is 2.31. The minimum absolute atomic E-state index is 0.582. The predicted octanol–water partition coefficient (Wildman–Crippen LogP) is -3.51. The van der Waals surface area contributed by atoms with Crippen molar-refractivity contribution in [3.05, 3.63) is 0 Å². The summed E-state index contributed by atoms with van der Waals surface area (Å²) in [7, 11) is 0. The molecule has 0 saturated heterocycles. The summed E-state index contributed by atoms with van der Waals surface area (Å²) in [5.74, 6) is -8.29. The van der Waals surface area contributed by atoms with Crippen molar-refractivity contribution in [2.24, 2.45) is 16.7 Å². The predicted molar refractivity (Wildman–Crippen MR) is 103 cm³/mol. The fraction of sp³-hybridized carbons (Fsp3) is 0.778. The zero-order valence-corrected chi connectivity index (χ0v) is 17.8. The van der Waals surface area contributed by atoms with Gasteiger partial charge in [0.05, 0.1) is 19.8 Å². The van der Waals surface area contributed by atoms with Crippen LogP contribution < -0.4 is 10.6 Å². The van der Waals surface area contributed by atoms with E-state index in [0.29, 0.717) is 0 Å². The number of hydrogen-bond acceptors (Lipinski definition) is 9. The average molecular weight is 452 g/mol. The fourth-order valence-corrected chi connectivity index (χ4v) is 2.31. The van der Waals surface area contributed by atoms with Gasteiger partial charge in [-0.25, -0.2) is 4.79 Å². The van der Waals surface area contributed by atoms with Crippen LogP contribution in [0, 0.1) is 16.7 Å². The van der Waals surface area contributed by atoms with Crippen LogP contribution in [0.4, 0.5) is 0 Å². The van der Waals surface area contributed by atoms with Crippen LogP contribution in [0.15, 0.2) is 0 Å². The van der Waals surface area contributed by atoms with Crippen LogP contribution in [-0.4, -0.2) is 104 Å². The number of hydrogen-bond donors (Lipinski definition) is 9. The minimum atomic E-state index is -3.10. The van der Waals surface area contributed by atoms with E-state index in [4.69, 9.17) is 0 Å². The zero-order valence-electron chi connectivity index (χ0n) is 17.8. The topological polar surface area (TPSA) is 234 Å². The number of carboxylic acids is 2. The van der Waals surface area contributed by atoms with Crippen molar-refractivity contribution < 1.29 is 54.9 Å². The van der Waals surface area contributed by atoms with Crippen molar-refractivity contribution in [1.82, 2.24) is 10.6 Å². The van der Waals surface area contributed by atoms with Crippen LogP contribution in [0.1, 0.15) is 27.7 Å². The number of aliphatic hydroxyl groups excluding tert-OH is 4. The largest absolute Gasteiger partial charge is 0.481 e. The lowest BCUT2D eigenvalue weighted by molar-refractivity contribution is -0.174. The van der Waals surface area contributed by atoms with Crippen molar-refractivity contribution in [2.45, 2.75) is 45.5 Å². The number of carboxylic acid groups (broad SMARTS) is 2. The van der Waals surface area contributed by atoms with Gasteiger partial charge in [0.1, 0.15) is 18.1 Å². The van der Waals surface area contributed by atoms with E-state index in [-0.39, 0.29) is 0 Å². The second-order valence-electron chi connectivity index (χ2n) is 8.68. The summed E-state index contributed by atoms with van der Waals surface area (Å²) in [5.41, 5.74) is -5.69. The third kappa shape index (κ3) is 7.11. The van der Waals surface area contributed by atoms with Gasteiger partial charge in [0.2, 0.25) is 11.8 Å². The Morgan fingerprint density at radius 2 is 1.19 bits per heavy atom. The molecule has 0 heterocycles. The van der Waals surface area contributed by atoms with Crippen LogP contribution in [-0.2, 0) is 19.2 Å². The van der Waals surface area contributed by atoms with E-state index < -0.39 is 84.6 Å². The Morgan fingerprint density at radius 1 is 0.806 bits per heavy atom. The molecule has 0 aliphatic rings. The highest BCUT2D eigenvalue weighted by Crippen LogP contribution is 2.23. The van der Waals surface area contributed by atoms with Gasteiger partial charge < -0.3 is 46.4 Å². The first-order valence-electron chi connectivity index (χ1n) is 9.29. The van der Waals surface area contributed by atoms with Gasteiger partial charge in [-0.1, -0.05) is 27.7 Å². The molecule has 0 aromatic rings. The van der Waals surface area contributed by atoms with E-state index in [1.807, 2.05) is 10.6 Å². The lowest BCUT2D eigenvalue weighted by Gasteiger charge is -2.33. The standard InChI is InChI=1S/C18H32N2O11/c1-16(2,7-21)10(23)12(25)19-5-9(14(27)28)18(31,15(29)30)6-20-13(26)11(24)17(3,4)8-22/h9-11,21-24,31H,5-8H2,1-4H3,(H,19,25)(H,20,26)(H,27,28)(H,29,30)/t9?,10-,11-,18?/m0/s1. The molecule has 13 nitrogen and oxygen atoms in total. The second-order valence-corrected chi connectivity index (χ2v) is 8.68. The van der Waals surface area contributed by atoms with Crippen molar-refractivity contribution in [2.75, 3.05) is 26.3 Å². The normalized spacial score (nSPS) is 17.1. The molecule has 13 heteroatoms. The molecule has 0 aromatic carbocycles. The summed E-state index contributed by atoms with van der Waals surface area (Å²) in [6.07, 6.45) is -3.56. The SMILES string of the molecule is CC(C)(CO)[C@@H](O)C(=O)NCC(C(=O)O)C(O)(CNC(=O)[C@H](O)C(C)(C)CO)C(=O)O. The van der Waals surface area contributed by atoms with Crippen LogP contribution in [0.5, 0.6) is 0 Å². The summed E-state index contributed by atoms with van der Waals surface area (Å²) < 4.78 is 0. The molecule has 0 radical (unpaired) electrons. The monoisotopic (exact) mass is 452 g/mol. The van der Waals surface area contributed by atoms with Crippen molar-refractivity contribution in [3.63, 3.8) is 0 Å². The Bertz CT molecular complexity index is 679. The number of aliphatic hydroxyl groups is 5. The summed E-state index contributed by atoms with van der Waals surface area (Å²) in [5, 5.41) is 71.5. The molecule has 0 bridgehead atoms. The first-order chi connectivity index (χ1) is 14.0. The van der Waals surface area contributed by atoms with E-state index in [1.165, 1.54) is 27.7 Å². The molecule has 9 N–H and O–H groups in total. The minimum Gasteiger partial charge on any atom is -0.481 e. The van der Waals surface area contributed by atoms with E-state index in [2.05, 4.69) is 0 Å². The lowest BCUT2D eigenvalue weighted by atomic mass is 9.84. The molecular formula is C18H32N2O11. The number of carbonyl (C=O) groups excluding carboxylic acids is 2. The molecule has 0 aromatic heterocycles. The van der Waals surface area contributed by atoms with E-state index >= 15 is 0 Å². The third-order valence-electron chi connectivity index (χ3n) is 5.05. The molecule has 0 aliphatic heterocycles. The highest BCUT2D eigenvalue weighted by molar-refractivity contribution is 5.88. The molecule has 2 amide bonds. The highest BCUT2D eigenvalue weighted by atomic mass is 16.4. The maximum absolute atomic E-state index is 12.1. The van der Waals surface area contributed by atoms with Gasteiger partial charge in [0, 0.05) is 17.4 Å². The Hall–Kier alpha value is -2.32. The summed E-state index contributed by atoms with van der Waals surface area (Å²) in [4.78, 5) is 47.3. The Balaban J connectivity index is 5.50. The van der Waals surface area contributed by atoms with Crippen molar-refractivity contribution in [3.8, 4) is 0 Å². The van der Waals surface area contributed by atoms with Gasteiger partial charge in [0.25, 0.3) is 0 Å². The maximum atomic E-state index is 12.1. The molecule has 2 unspecified atom stereocenters. The quantitative estimate of drug-likeness (QED) is 0.133. The first-order valence-corrected chi connectivity index (χ1v) is 9.29. The van der Waals surface area contributed by atoms with E-state index in [9.17, 15) is 54.9 Å². The smallest absolute Gasteiger partial charge is 0.338 e. The average Bonchev–Trinajstić information content (AvgIpc) is 2.69. The van der Waals surface area contributed by atoms with Gasteiger partial charge in [-0.2, -0.15) is 0 Å². The van der Waals surface area contributed by atoms with E-state index in [0.717, 1.165) is 0 Å². The maximum Gasteiger partial charge on any atom is 0.338 e. The second kappa shape index (κ2) is 10.8. The lowest BCUT2D eigenvalue weighted by Crippen LogP contribution is -2.61. The molecule has 0 rings (SSSR count). The molecule has 4 atom stereocenters. The molecule has 0 spiro atoms. The van der Waals surface area contributed by atoms with Crippen molar-refractivity contribution >= 4 is 23.8 Å².